The highest BCUT2D eigenvalue weighted by atomic mass is 35.5. The van der Waals surface area contributed by atoms with Gasteiger partial charge in [0.15, 0.2) is 0 Å². The Bertz CT molecular complexity index is 736. The van der Waals surface area contributed by atoms with Crippen LogP contribution in [0.5, 0.6) is 0 Å². The number of carbonyl (C=O) groups excluding carboxylic acids is 1. The first-order valence-electron chi connectivity index (χ1n) is 7.05. The molecule has 0 saturated heterocycles. The number of aryl methyl sites for hydroxylation is 5. The van der Waals surface area contributed by atoms with Gasteiger partial charge in [0.2, 0.25) is 5.91 Å². The normalized spacial score (nSPS) is 11.2. The van der Waals surface area contributed by atoms with Crippen molar-refractivity contribution >= 4 is 29.3 Å². The molecule has 0 aliphatic heterocycles. The van der Waals surface area contributed by atoms with Crippen LogP contribution in [0.25, 0.3) is 6.08 Å². The lowest BCUT2D eigenvalue weighted by Crippen LogP contribution is -2.10. The number of carbonyl (C=O) groups is 1. The number of nitrogens with zero attached hydrogens (tertiary/aromatic N) is 2. The van der Waals surface area contributed by atoms with Crippen molar-refractivity contribution in [1.29, 1.82) is 0 Å². The number of hydrogen-bond acceptors (Lipinski definition) is 2. The monoisotopic (exact) mass is 317 g/mol. The van der Waals surface area contributed by atoms with Gasteiger partial charge >= 0.3 is 0 Å². The van der Waals surface area contributed by atoms with Crippen LogP contribution in [0.3, 0.4) is 0 Å². The number of halogens is 1. The summed E-state index contributed by atoms with van der Waals surface area (Å²) in [5.41, 5.74) is 5.69. The van der Waals surface area contributed by atoms with Crippen molar-refractivity contribution in [3.8, 4) is 0 Å². The number of aromatic nitrogens is 2. The molecule has 5 heteroatoms. The lowest BCUT2D eigenvalue weighted by molar-refractivity contribution is -0.111. The standard InChI is InChI=1S/C17H20ClN3O/c1-10-8-11(2)16(12(3)9-10)19-15(22)7-6-14-13(4)20-21(5)17(14)18/h6-9H,1-5H3,(H,19,22)/b7-6+. The summed E-state index contributed by atoms with van der Waals surface area (Å²) in [6.45, 7) is 7.87. The van der Waals surface area contributed by atoms with Gasteiger partial charge in [0.25, 0.3) is 0 Å². The van der Waals surface area contributed by atoms with E-state index in [2.05, 4.69) is 22.5 Å². The molecule has 0 fully saturated rings. The maximum absolute atomic E-state index is 12.1. The summed E-state index contributed by atoms with van der Waals surface area (Å²) in [7, 11) is 1.77. The fourth-order valence-electron chi connectivity index (χ4n) is 2.54. The molecule has 1 aromatic heterocycles. The number of nitrogens with one attached hydrogen (secondary N) is 1. The molecule has 0 unspecified atom stereocenters. The van der Waals surface area contributed by atoms with Crippen molar-refractivity contribution in [2.45, 2.75) is 27.7 Å². The zero-order valence-electron chi connectivity index (χ0n) is 13.5. The predicted octanol–water partition coefficient (Wildman–Crippen LogP) is 3.96. The zero-order chi connectivity index (χ0) is 16.4. The molecule has 1 N–H and O–H groups in total. The second kappa shape index (κ2) is 6.36. The molecular formula is C17H20ClN3O. The van der Waals surface area contributed by atoms with Gasteiger partial charge in [0.1, 0.15) is 5.15 Å². The molecule has 2 aromatic rings. The summed E-state index contributed by atoms with van der Waals surface area (Å²) < 4.78 is 1.59. The lowest BCUT2D eigenvalue weighted by atomic mass is 10.1. The molecule has 0 aliphatic carbocycles. The Morgan fingerprint density at radius 2 is 1.82 bits per heavy atom. The molecule has 0 radical (unpaired) electrons. The van der Waals surface area contributed by atoms with Crippen LogP contribution in [0.2, 0.25) is 5.15 Å². The quantitative estimate of drug-likeness (QED) is 0.871. The molecule has 1 aromatic carbocycles. The van der Waals surface area contributed by atoms with E-state index in [4.69, 9.17) is 11.6 Å². The van der Waals surface area contributed by atoms with Crippen molar-refractivity contribution in [2.24, 2.45) is 7.05 Å². The Kier molecular flexibility index (Phi) is 4.71. The summed E-state index contributed by atoms with van der Waals surface area (Å²) in [6, 6.07) is 4.10. The second-order valence-corrected chi connectivity index (χ2v) is 5.87. The third-order valence-corrected chi connectivity index (χ3v) is 3.97. The van der Waals surface area contributed by atoms with E-state index < -0.39 is 0 Å². The molecule has 22 heavy (non-hydrogen) atoms. The van der Waals surface area contributed by atoms with E-state index in [1.165, 1.54) is 11.6 Å². The molecular weight excluding hydrogens is 298 g/mol. The zero-order valence-corrected chi connectivity index (χ0v) is 14.2. The fraction of sp³-hybridized carbons (Fsp3) is 0.294. The SMILES string of the molecule is Cc1cc(C)c(NC(=O)/C=C/c2c(C)nn(C)c2Cl)c(C)c1. The first-order chi connectivity index (χ1) is 10.3. The van der Waals surface area contributed by atoms with Crippen LogP contribution < -0.4 is 5.32 Å². The topological polar surface area (TPSA) is 46.9 Å². The molecule has 0 aliphatic rings. The van der Waals surface area contributed by atoms with Crippen LogP contribution >= 0.6 is 11.6 Å². The minimum absolute atomic E-state index is 0.186. The molecule has 0 saturated carbocycles. The van der Waals surface area contributed by atoms with Crippen LogP contribution in [0, 0.1) is 27.7 Å². The average Bonchev–Trinajstić information content (AvgIpc) is 2.65. The summed E-state index contributed by atoms with van der Waals surface area (Å²) in [6.07, 6.45) is 3.17. The smallest absolute Gasteiger partial charge is 0.248 e. The Morgan fingerprint density at radius 1 is 1.23 bits per heavy atom. The minimum Gasteiger partial charge on any atom is -0.322 e. The number of rotatable bonds is 3. The fourth-order valence-corrected chi connectivity index (χ4v) is 2.77. The van der Waals surface area contributed by atoms with Crippen LogP contribution in [-0.2, 0) is 11.8 Å². The maximum Gasteiger partial charge on any atom is 0.248 e. The molecule has 1 heterocycles. The Hall–Kier alpha value is -2.07. The van der Waals surface area contributed by atoms with Crippen LogP contribution in [0.15, 0.2) is 18.2 Å². The highest BCUT2D eigenvalue weighted by Gasteiger charge is 2.09. The molecule has 4 nitrogen and oxygen atoms in total. The van der Waals surface area contributed by atoms with Crippen molar-refractivity contribution in [3.63, 3.8) is 0 Å². The lowest BCUT2D eigenvalue weighted by Gasteiger charge is -2.11. The summed E-state index contributed by atoms with van der Waals surface area (Å²) >= 11 is 6.14. The Balaban J connectivity index is 2.19. The minimum atomic E-state index is -0.186. The Morgan fingerprint density at radius 3 is 2.32 bits per heavy atom. The third kappa shape index (κ3) is 3.39. The van der Waals surface area contributed by atoms with E-state index in [0.717, 1.165) is 28.1 Å². The van der Waals surface area contributed by atoms with E-state index in [1.54, 1.807) is 17.8 Å². The predicted molar refractivity (Wildman–Crippen MR) is 91.3 cm³/mol. The number of benzene rings is 1. The molecule has 0 spiro atoms. The van der Waals surface area contributed by atoms with E-state index in [9.17, 15) is 4.79 Å². The van der Waals surface area contributed by atoms with Gasteiger partial charge in [-0.25, -0.2) is 0 Å². The van der Waals surface area contributed by atoms with Gasteiger partial charge in [0.05, 0.1) is 5.69 Å². The van der Waals surface area contributed by atoms with Gasteiger partial charge in [-0.15, -0.1) is 0 Å². The van der Waals surface area contributed by atoms with Gasteiger partial charge in [-0.2, -0.15) is 5.10 Å². The molecule has 2 rings (SSSR count). The number of amides is 1. The van der Waals surface area contributed by atoms with E-state index >= 15 is 0 Å². The molecule has 116 valence electrons. The highest BCUT2D eigenvalue weighted by molar-refractivity contribution is 6.31. The molecule has 0 atom stereocenters. The summed E-state index contributed by atoms with van der Waals surface area (Å²) in [5.74, 6) is -0.186. The van der Waals surface area contributed by atoms with Crippen molar-refractivity contribution in [2.75, 3.05) is 5.32 Å². The van der Waals surface area contributed by atoms with Gasteiger partial charge in [-0.1, -0.05) is 29.3 Å². The van der Waals surface area contributed by atoms with E-state index in [1.807, 2.05) is 27.7 Å². The van der Waals surface area contributed by atoms with Gasteiger partial charge < -0.3 is 5.32 Å². The van der Waals surface area contributed by atoms with Gasteiger partial charge in [0, 0.05) is 24.4 Å². The van der Waals surface area contributed by atoms with Gasteiger partial charge in [-0.3, -0.25) is 9.48 Å². The van der Waals surface area contributed by atoms with Crippen molar-refractivity contribution in [3.05, 3.63) is 51.3 Å². The maximum atomic E-state index is 12.1. The van der Waals surface area contributed by atoms with Crippen LogP contribution in [-0.4, -0.2) is 15.7 Å². The summed E-state index contributed by atoms with van der Waals surface area (Å²) in [4.78, 5) is 12.1. The van der Waals surface area contributed by atoms with Gasteiger partial charge in [-0.05, 0) is 44.9 Å². The molecule has 1 amide bonds. The van der Waals surface area contributed by atoms with Crippen LogP contribution in [0.4, 0.5) is 5.69 Å². The second-order valence-electron chi connectivity index (χ2n) is 5.51. The highest BCUT2D eigenvalue weighted by Crippen LogP contribution is 2.23. The number of anilines is 1. The van der Waals surface area contributed by atoms with Crippen LogP contribution in [0.1, 0.15) is 27.9 Å². The number of hydrogen-bond donors (Lipinski definition) is 1. The summed E-state index contributed by atoms with van der Waals surface area (Å²) in [5, 5.41) is 7.66. The first kappa shape index (κ1) is 16.3. The largest absolute Gasteiger partial charge is 0.322 e. The van der Waals surface area contributed by atoms with Crippen molar-refractivity contribution in [1.82, 2.24) is 9.78 Å². The molecule has 0 bridgehead atoms. The Labute approximate surface area is 135 Å². The van der Waals surface area contributed by atoms with E-state index in [-0.39, 0.29) is 5.91 Å². The van der Waals surface area contributed by atoms with E-state index in [0.29, 0.717) is 5.15 Å². The first-order valence-corrected chi connectivity index (χ1v) is 7.43. The van der Waals surface area contributed by atoms with Crippen molar-refractivity contribution < 1.29 is 4.79 Å². The average molecular weight is 318 g/mol. The third-order valence-electron chi connectivity index (χ3n) is 3.52.